The van der Waals surface area contributed by atoms with Crippen molar-refractivity contribution in [2.45, 2.75) is 82.0 Å². The summed E-state index contributed by atoms with van der Waals surface area (Å²) in [7, 11) is 3.70. The number of ether oxygens (including phenoxy) is 1. The van der Waals surface area contributed by atoms with Crippen LogP contribution in [0.5, 0.6) is 5.75 Å². The van der Waals surface area contributed by atoms with Crippen molar-refractivity contribution in [2.24, 2.45) is 30.5 Å². The Balaban J connectivity index is 1.07. The number of aliphatic hydroxyl groups is 1. The number of piperidine rings is 2. The maximum atomic E-state index is 13.9. The fraction of sp³-hybridized carbons (Fsp3) is 0.553. The number of para-hydroxylation sites is 1. The molecule has 2 amide bonds. The Morgan fingerprint density at radius 2 is 1.85 bits per heavy atom. The van der Waals surface area contributed by atoms with Gasteiger partial charge in [0.05, 0.1) is 29.9 Å². The summed E-state index contributed by atoms with van der Waals surface area (Å²) in [5, 5.41) is 11.1. The Morgan fingerprint density at radius 3 is 2.54 bits per heavy atom. The molecule has 3 aliphatic carbocycles. The monoisotopic (exact) mass is 650 g/mol. The van der Waals surface area contributed by atoms with Crippen LogP contribution in [0.25, 0.3) is 33.5 Å². The Morgan fingerprint density at radius 1 is 1.02 bits per heavy atom. The van der Waals surface area contributed by atoms with E-state index in [-0.39, 0.29) is 35.9 Å². The second-order valence-electron chi connectivity index (χ2n) is 15.3. The summed E-state index contributed by atoms with van der Waals surface area (Å²) in [6.07, 6.45) is 7.44. The van der Waals surface area contributed by atoms with E-state index in [2.05, 4.69) is 33.4 Å². The molecule has 5 heterocycles. The Bertz CT molecular complexity index is 1940. The van der Waals surface area contributed by atoms with E-state index in [4.69, 9.17) is 15.5 Å². The number of carbonyl (C=O) groups excluding carboxylic acids is 2. The molecule has 252 valence electrons. The maximum absolute atomic E-state index is 13.9. The van der Waals surface area contributed by atoms with Gasteiger partial charge in [0.25, 0.3) is 5.91 Å². The molecule has 0 radical (unpaired) electrons. The van der Waals surface area contributed by atoms with Crippen molar-refractivity contribution in [3.05, 3.63) is 47.5 Å². The van der Waals surface area contributed by atoms with Gasteiger partial charge in [-0.1, -0.05) is 18.2 Å². The molecule has 4 atom stereocenters. The molecule has 0 unspecified atom stereocenters. The highest BCUT2D eigenvalue weighted by atomic mass is 16.5. The Labute approximate surface area is 280 Å². The van der Waals surface area contributed by atoms with Gasteiger partial charge in [-0.25, -0.2) is 4.98 Å². The Hall–Kier alpha value is -3.89. The van der Waals surface area contributed by atoms with Crippen molar-refractivity contribution in [2.75, 3.05) is 26.7 Å². The molecule has 2 bridgehead atoms. The highest BCUT2D eigenvalue weighted by molar-refractivity contribution is 6.00. The molecule has 4 aromatic rings. The van der Waals surface area contributed by atoms with E-state index in [0.717, 1.165) is 67.7 Å². The molecule has 48 heavy (non-hydrogen) atoms. The predicted molar refractivity (Wildman–Crippen MR) is 184 cm³/mol. The summed E-state index contributed by atoms with van der Waals surface area (Å²) in [4.78, 5) is 36.2. The number of aryl methyl sites for hydroxylation is 1. The highest BCUT2D eigenvalue weighted by Gasteiger charge is 2.42. The zero-order chi connectivity index (χ0) is 32.8. The lowest BCUT2D eigenvalue weighted by Crippen LogP contribution is -2.58. The lowest BCUT2D eigenvalue weighted by molar-refractivity contribution is -0.138. The van der Waals surface area contributed by atoms with E-state index in [9.17, 15) is 14.7 Å². The van der Waals surface area contributed by atoms with Crippen molar-refractivity contribution < 1.29 is 19.4 Å². The van der Waals surface area contributed by atoms with Crippen LogP contribution in [-0.4, -0.2) is 85.8 Å². The number of nitrogens with two attached hydrogens (primary N) is 1. The molecule has 3 aliphatic heterocycles. The first kappa shape index (κ1) is 30.2. The number of carbonyl (C=O) groups is 2. The molecule has 3 N–H and O–H groups in total. The van der Waals surface area contributed by atoms with Gasteiger partial charge in [-0.2, -0.15) is 0 Å². The van der Waals surface area contributed by atoms with Crippen LogP contribution in [0.15, 0.2) is 36.4 Å². The quantitative estimate of drug-likeness (QED) is 0.301. The number of methoxy groups -OCH3 is 1. The average molecular weight is 651 g/mol. The van der Waals surface area contributed by atoms with Gasteiger partial charge in [-0.15, -0.1) is 0 Å². The smallest absolute Gasteiger partial charge is 0.254 e. The van der Waals surface area contributed by atoms with Gasteiger partial charge in [-0.3, -0.25) is 9.59 Å². The van der Waals surface area contributed by atoms with E-state index >= 15 is 0 Å². The number of likely N-dealkylation sites (tertiary alicyclic amines) is 1. The lowest BCUT2D eigenvalue weighted by Gasteiger charge is -2.48. The second kappa shape index (κ2) is 11.3. The summed E-state index contributed by atoms with van der Waals surface area (Å²) in [5.41, 5.74) is 12.3. The van der Waals surface area contributed by atoms with Crippen LogP contribution < -0.4 is 10.5 Å². The molecular formula is C38H46N6O4. The fourth-order valence-corrected chi connectivity index (χ4v) is 9.28. The largest absolute Gasteiger partial charge is 0.494 e. The van der Waals surface area contributed by atoms with Crippen LogP contribution in [-0.2, 0) is 18.4 Å². The third-order valence-corrected chi connectivity index (χ3v) is 12.3. The molecule has 6 aliphatic rings. The topological polar surface area (TPSA) is 119 Å². The molecular weight excluding hydrogens is 604 g/mol. The standard InChI is InChI=1S/C38H46N6O4/c1-41-35-31(14-26(16-33(35)48-2)38(47)43-19-23-8-9-27(43)17-30(23)39)40-36(41)32-15-22-4-3-5-29(34(22)44(32)18-21-6-7-21)24-12-25(13-24)37(46)42-11-10-28(45)20-42/h3-5,14-16,21,23-25,27-28,30,45H,6-13,17-20,39H2,1-2H3/t23-,24?,25?,27-,28+,30+/m1/s1. The first-order valence-electron chi connectivity index (χ1n) is 18.0. The number of rotatable bonds is 7. The van der Waals surface area contributed by atoms with Gasteiger partial charge in [0.2, 0.25) is 5.91 Å². The number of aromatic nitrogens is 3. The first-order chi connectivity index (χ1) is 23.3. The molecule has 10 heteroatoms. The van der Waals surface area contributed by atoms with E-state index in [0.29, 0.717) is 48.6 Å². The lowest BCUT2D eigenvalue weighted by atomic mass is 9.70. The van der Waals surface area contributed by atoms with E-state index in [1.54, 1.807) is 7.11 Å². The molecule has 3 saturated heterocycles. The molecule has 6 fully saturated rings. The van der Waals surface area contributed by atoms with Gasteiger partial charge in [0, 0.05) is 62.2 Å². The normalized spacial score (nSPS) is 28.4. The van der Waals surface area contributed by atoms with Crippen molar-refractivity contribution in [1.82, 2.24) is 23.9 Å². The van der Waals surface area contributed by atoms with Gasteiger partial charge in [0.1, 0.15) is 11.3 Å². The number of imidazole rings is 1. The molecule has 10 nitrogen and oxygen atoms in total. The molecule has 0 spiro atoms. The van der Waals surface area contributed by atoms with Crippen molar-refractivity contribution in [1.29, 1.82) is 0 Å². The van der Waals surface area contributed by atoms with Gasteiger partial charge in [-0.05, 0) is 92.9 Å². The predicted octanol–water partition coefficient (Wildman–Crippen LogP) is 4.65. The zero-order valence-electron chi connectivity index (χ0n) is 28.0. The number of benzene rings is 2. The number of β-amino-alcohol motifs (C(OH)–C–C–N with tert-alkyl or cyclic N) is 1. The number of nitrogens with zero attached hydrogens (tertiary/aromatic N) is 5. The van der Waals surface area contributed by atoms with Crippen LogP contribution in [0.1, 0.15) is 73.2 Å². The fourth-order valence-electron chi connectivity index (χ4n) is 9.28. The minimum Gasteiger partial charge on any atom is -0.494 e. The molecule has 2 aromatic carbocycles. The second-order valence-corrected chi connectivity index (χ2v) is 15.3. The maximum Gasteiger partial charge on any atom is 0.254 e. The first-order valence-corrected chi connectivity index (χ1v) is 18.0. The van der Waals surface area contributed by atoms with Gasteiger partial charge in [0.15, 0.2) is 5.82 Å². The number of fused-ring (bicyclic) bond motifs is 5. The van der Waals surface area contributed by atoms with Crippen molar-refractivity contribution in [3.63, 3.8) is 0 Å². The summed E-state index contributed by atoms with van der Waals surface area (Å²) in [6.45, 7) is 2.78. The minimum absolute atomic E-state index is 0.0305. The van der Waals surface area contributed by atoms with E-state index in [1.807, 2.05) is 29.0 Å². The van der Waals surface area contributed by atoms with Crippen molar-refractivity contribution >= 4 is 33.8 Å². The number of aliphatic hydroxyl groups excluding tert-OH is 1. The van der Waals surface area contributed by atoms with Crippen molar-refractivity contribution in [3.8, 4) is 17.3 Å². The van der Waals surface area contributed by atoms with E-state index < -0.39 is 0 Å². The third kappa shape index (κ3) is 4.85. The van der Waals surface area contributed by atoms with Crippen LogP contribution in [0.2, 0.25) is 0 Å². The third-order valence-electron chi connectivity index (χ3n) is 12.3. The van der Waals surface area contributed by atoms with E-state index in [1.165, 1.54) is 29.3 Å². The highest BCUT2D eigenvalue weighted by Crippen LogP contribution is 2.47. The summed E-state index contributed by atoms with van der Waals surface area (Å²) in [5.74, 6) is 3.11. The van der Waals surface area contributed by atoms with Crippen LogP contribution in [0.4, 0.5) is 0 Å². The number of hydrogen-bond donors (Lipinski definition) is 2. The molecule has 2 aromatic heterocycles. The molecule has 3 saturated carbocycles. The Kier molecular flexibility index (Phi) is 7.13. The summed E-state index contributed by atoms with van der Waals surface area (Å²) >= 11 is 0. The number of hydrogen-bond acceptors (Lipinski definition) is 6. The number of amides is 2. The van der Waals surface area contributed by atoms with Crippen LogP contribution >= 0.6 is 0 Å². The summed E-state index contributed by atoms with van der Waals surface area (Å²) < 4.78 is 10.5. The van der Waals surface area contributed by atoms with Gasteiger partial charge >= 0.3 is 0 Å². The molecule has 10 rings (SSSR count). The van der Waals surface area contributed by atoms with Gasteiger partial charge < -0.3 is 34.5 Å². The SMILES string of the molecule is COc1cc(C(=O)N2C[C@H]3CC[C@@H]2C[C@@H]3N)cc2nc(-c3cc4cccc(C5CC(C(=O)N6CC[C@H](O)C6)C5)c4n3CC3CC3)n(C)c12. The zero-order valence-corrected chi connectivity index (χ0v) is 28.0. The average Bonchev–Trinajstić information content (AvgIpc) is 3.51. The minimum atomic E-state index is -0.387. The summed E-state index contributed by atoms with van der Waals surface area (Å²) in [6, 6.07) is 13.1. The van der Waals surface area contributed by atoms with Crippen LogP contribution in [0, 0.1) is 17.8 Å². The van der Waals surface area contributed by atoms with Crippen LogP contribution in [0.3, 0.4) is 0 Å².